The second kappa shape index (κ2) is 4.56. The van der Waals surface area contributed by atoms with Gasteiger partial charge in [0.25, 0.3) is 11.4 Å². The number of nitrogens with zero attached hydrogens (tertiary/aromatic N) is 3. The van der Waals surface area contributed by atoms with Crippen molar-refractivity contribution in [3.8, 4) is 11.5 Å². The lowest BCUT2D eigenvalue weighted by Gasteiger charge is -2.03. The highest BCUT2D eigenvalue weighted by Gasteiger charge is 2.22. The Bertz CT molecular complexity index is 646. The molecule has 2 aromatic rings. The number of halogens is 2. The molecule has 100 valence electrons. The van der Waals surface area contributed by atoms with Crippen LogP contribution in [0, 0.1) is 5.92 Å². The number of aromatic nitrogens is 3. The van der Waals surface area contributed by atoms with E-state index >= 15 is 0 Å². The molecular weight excluding hydrogens is 256 g/mol. The van der Waals surface area contributed by atoms with Gasteiger partial charge in [-0.3, -0.25) is 4.79 Å². The summed E-state index contributed by atoms with van der Waals surface area (Å²) >= 11 is 0. The Morgan fingerprint density at radius 2 is 2.21 bits per heavy atom. The van der Waals surface area contributed by atoms with Crippen LogP contribution in [0.5, 0.6) is 0 Å². The largest absolute Gasteiger partial charge is 0.415 e. The quantitative estimate of drug-likeness (QED) is 0.852. The van der Waals surface area contributed by atoms with Crippen LogP contribution in [-0.2, 0) is 6.54 Å². The standard InChI is InChI=1S/C12H11F2N3O2/c13-10(14)12-16-15-11(19-12)8-3-4-17(9(18)5-8)6-7-1-2-7/h3-5,7,10H,1-2,6H2. The predicted molar refractivity (Wildman–Crippen MR) is 61.7 cm³/mol. The molecule has 0 N–H and O–H groups in total. The SMILES string of the molecule is O=c1cc(-c2nnc(C(F)F)o2)ccn1CC1CC1. The molecule has 0 aromatic carbocycles. The van der Waals surface area contributed by atoms with Gasteiger partial charge >= 0.3 is 6.43 Å². The van der Waals surface area contributed by atoms with Gasteiger partial charge in [0.15, 0.2) is 0 Å². The predicted octanol–water partition coefficient (Wildman–Crippen LogP) is 2.25. The first-order valence-corrected chi connectivity index (χ1v) is 5.96. The van der Waals surface area contributed by atoms with Crippen molar-refractivity contribution in [3.05, 3.63) is 34.6 Å². The molecule has 0 bridgehead atoms. The van der Waals surface area contributed by atoms with Crippen LogP contribution < -0.4 is 5.56 Å². The molecule has 1 saturated carbocycles. The molecule has 1 fully saturated rings. The maximum Gasteiger partial charge on any atom is 0.314 e. The number of pyridine rings is 1. The Kier molecular flexibility index (Phi) is 2.88. The number of rotatable bonds is 4. The van der Waals surface area contributed by atoms with Crippen molar-refractivity contribution in [2.45, 2.75) is 25.8 Å². The van der Waals surface area contributed by atoms with Crippen LogP contribution in [0.2, 0.25) is 0 Å². The van der Waals surface area contributed by atoms with E-state index in [4.69, 9.17) is 4.42 Å². The van der Waals surface area contributed by atoms with Gasteiger partial charge in [-0.2, -0.15) is 8.78 Å². The van der Waals surface area contributed by atoms with Crippen LogP contribution in [0.25, 0.3) is 11.5 Å². The van der Waals surface area contributed by atoms with Gasteiger partial charge in [-0.25, -0.2) is 0 Å². The summed E-state index contributed by atoms with van der Waals surface area (Å²) in [6.07, 6.45) is 1.12. The van der Waals surface area contributed by atoms with Crippen molar-refractivity contribution in [2.24, 2.45) is 5.92 Å². The van der Waals surface area contributed by atoms with Crippen LogP contribution in [0.4, 0.5) is 8.78 Å². The molecular formula is C12H11F2N3O2. The van der Waals surface area contributed by atoms with Gasteiger partial charge in [0.05, 0.1) is 0 Å². The minimum Gasteiger partial charge on any atom is -0.415 e. The number of alkyl halides is 2. The molecule has 0 spiro atoms. The topological polar surface area (TPSA) is 60.9 Å². The van der Waals surface area contributed by atoms with Crippen LogP contribution in [0.15, 0.2) is 27.5 Å². The summed E-state index contributed by atoms with van der Waals surface area (Å²) in [5.41, 5.74) is 0.164. The van der Waals surface area contributed by atoms with Gasteiger partial charge in [-0.05, 0) is 24.8 Å². The molecule has 2 aromatic heterocycles. The van der Waals surface area contributed by atoms with E-state index in [1.165, 1.54) is 6.07 Å². The monoisotopic (exact) mass is 267 g/mol. The Morgan fingerprint density at radius 1 is 1.42 bits per heavy atom. The average Bonchev–Trinajstić information content (AvgIpc) is 3.05. The molecule has 0 aliphatic heterocycles. The Morgan fingerprint density at radius 3 is 2.79 bits per heavy atom. The lowest BCUT2D eigenvalue weighted by molar-refractivity contribution is 0.116. The van der Waals surface area contributed by atoms with Gasteiger partial charge in [0.1, 0.15) is 0 Å². The molecule has 0 radical (unpaired) electrons. The third kappa shape index (κ3) is 2.54. The molecule has 2 heterocycles. The molecule has 7 heteroatoms. The fourth-order valence-electron chi connectivity index (χ4n) is 1.81. The van der Waals surface area contributed by atoms with Crippen molar-refractivity contribution >= 4 is 0 Å². The highest BCUT2D eigenvalue weighted by molar-refractivity contribution is 5.50. The zero-order valence-corrected chi connectivity index (χ0v) is 9.92. The average molecular weight is 267 g/mol. The second-order valence-corrected chi connectivity index (χ2v) is 4.60. The maximum atomic E-state index is 12.3. The number of hydrogen-bond acceptors (Lipinski definition) is 4. The molecule has 3 rings (SSSR count). The van der Waals surface area contributed by atoms with Crippen LogP contribution in [0.3, 0.4) is 0 Å². The van der Waals surface area contributed by atoms with Gasteiger partial charge in [0, 0.05) is 24.4 Å². The summed E-state index contributed by atoms with van der Waals surface area (Å²) in [6.45, 7) is 0.700. The smallest absolute Gasteiger partial charge is 0.314 e. The Labute approximate surface area is 106 Å². The summed E-state index contributed by atoms with van der Waals surface area (Å²) < 4.78 is 31.1. The van der Waals surface area contributed by atoms with Gasteiger partial charge in [-0.15, -0.1) is 10.2 Å². The number of hydrogen-bond donors (Lipinski definition) is 0. The van der Waals surface area contributed by atoms with Crippen molar-refractivity contribution in [2.75, 3.05) is 0 Å². The van der Waals surface area contributed by atoms with Crippen molar-refractivity contribution in [1.82, 2.24) is 14.8 Å². The fraction of sp³-hybridized carbons (Fsp3) is 0.417. The first kappa shape index (κ1) is 12.0. The zero-order valence-electron chi connectivity index (χ0n) is 9.92. The Hall–Kier alpha value is -2.05. The van der Waals surface area contributed by atoms with E-state index in [9.17, 15) is 13.6 Å². The normalized spacial score (nSPS) is 15.1. The lowest BCUT2D eigenvalue weighted by atomic mass is 10.2. The third-order valence-corrected chi connectivity index (χ3v) is 3.02. The van der Waals surface area contributed by atoms with E-state index in [1.54, 1.807) is 16.8 Å². The summed E-state index contributed by atoms with van der Waals surface area (Å²) in [6, 6.07) is 2.94. The van der Waals surface area contributed by atoms with Gasteiger partial charge in [0.2, 0.25) is 5.89 Å². The van der Waals surface area contributed by atoms with Gasteiger partial charge in [-0.1, -0.05) is 0 Å². The molecule has 19 heavy (non-hydrogen) atoms. The van der Waals surface area contributed by atoms with E-state index in [0.717, 1.165) is 12.8 Å². The van der Waals surface area contributed by atoms with E-state index in [2.05, 4.69) is 10.2 Å². The first-order valence-electron chi connectivity index (χ1n) is 5.96. The highest BCUT2D eigenvalue weighted by atomic mass is 19.3. The van der Waals surface area contributed by atoms with Crippen molar-refractivity contribution < 1.29 is 13.2 Å². The molecule has 5 nitrogen and oxygen atoms in total. The minimum atomic E-state index is -2.81. The molecule has 0 saturated heterocycles. The summed E-state index contributed by atoms with van der Waals surface area (Å²) in [5.74, 6) is -0.222. The fourth-order valence-corrected chi connectivity index (χ4v) is 1.81. The zero-order chi connectivity index (χ0) is 13.4. The Balaban J connectivity index is 1.87. The summed E-state index contributed by atoms with van der Waals surface area (Å²) in [4.78, 5) is 11.8. The molecule has 1 aliphatic rings. The second-order valence-electron chi connectivity index (χ2n) is 4.60. The minimum absolute atomic E-state index is 0.0639. The lowest BCUT2D eigenvalue weighted by Crippen LogP contribution is -2.19. The van der Waals surface area contributed by atoms with E-state index in [-0.39, 0.29) is 11.4 Å². The molecule has 0 unspecified atom stereocenters. The molecule has 1 aliphatic carbocycles. The maximum absolute atomic E-state index is 12.3. The summed E-state index contributed by atoms with van der Waals surface area (Å²) in [5, 5.41) is 6.73. The van der Waals surface area contributed by atoms with Gasteiger partial charge < -0.3 is 8.98 Å². The van der Waals surface area contributed by atoms with Crippen LogP contribution in [0.1, 0.15) is 25.2 Å². The van der Waals surface area contributed by atoms with Crippen LogP contribution >= 0.6 is 0 Å². The van der Waals surface area contributed by atoms with Crippen molar-refractivity contribution in [1.29, 1.82) is 0 Å². The van der Waals surface area contributed by atoms with E-state index < -0.39 is 12.3 Å². The molecule has 0 atom stereocenters. The van der Waals surface area contributed by atoms with E-state index in [0.29, 0.717) is 18.0 Å². The highest BCUT2D eigenvalue weighted by Crippen LogP contribution is 2.30. The van der Waals surface area contributed by atoms with E-state index in [1.807, 2.05) is 0 Å². The third-order valence-electron chi connectivity index (χ3n) is 3.02. The molecule has 0 amide bonds. The first-order chi connectivity index (χ1) is 9.13. The van der Waals surface area contributed by atoms with Crippen LogP contribution in [-0.4, -0.2) is 14.8 Å². The van der Waals surface area contributed by atoms with Crippen molar-refractivity contribution in [3.63, 3.8) is 0 Å². The summed E-state index contributed by atoms with van der Waals surface area (Å²) in [7, 11) is 0.